The number of guanidine groups is 1. The molecule has 0 radical (unpaired) electrons. The predicted molar refractivity (Wildman–Crippen MR) is 38.7 cm³/mol. The molecule has 0 amide bonds. The number of nitrogens with one attached hydrogen (secondary N) is 1. The SMILES string of the molecule is CC1CC(C(F)(F)F)N=C(N)N1. The quantitative estimate of drug-likeness (QED) is 0.575. The fourth-order valence-electron chi connectivity index (χ4n) is 1.11. The molecule has 6 heteroatoms. The average Bonchev–Trinajstić information content (AvgIpc) is 1.82. The molecule has 0 spiro atoms. The predicted octanol–water partition coefficient (Wildman–Crippen LogP) is 0.614. The summed E-state index contributed by atoms with van der Waals surface area (Å²) < 4.78 is 36.3. The molecule has 1 aliphatic rings. The zero-order valence-electron chi connectivity index (χ0n) is 6.52. The molecule has 2 atom stereocenters. The minimum absolute atomic E-state index is 0.0514. The van der Waals surface area contributed by atoms with Gasteiger partial charge in [0.05, 0.1) is 0 Å². The van der Waals surface area contributed by atoms with Crippen LogP contribution < -0.4 is 11.1 Å². The number of hydrogen-bond donors (Lipinski definition) is 2. The van der Waals surface area contributed by atoms with Crippen LogP contribution in [0.3, 0.4) is 0 Å². The Morgan fingerprint density at radius 1 is 1.58 bits per heavy atom. The van der Waals surface area contributed by atoms with Crippen molar-refractivity contribution >= 4 is 5.96 Å². The van der Waals surface area contributed by atoms with Crippen LogP contribution in [0.15, 0.2) is 4.99 Å². The lowest BCUT2D eigenvalue weighted by Crippen LogP contribution is -2.48. The van der Waals surface area contributed by atoms with Crippen LogP contribution in [0, 0.1) is 0 Å². The normalized spacial score (nSPS) is 30.8. The molecule has 0 fully saturated rings. The summed E-state index contributed by atoms with van der Waals surface area (Å²) in [5.74, 6) is -0.129. The number of nitrogens with zero attached hydrogens (tertiary/aromatic N) is 1. The van der Waals surface area contributed by atoms with E-state index in [-0.39, 0.29) is 18.4 Å². The van der Waals surface area contributed by atoms with E-state index >= 15 is 0 Å². The second-order valence-corrected chi connectivity index (χ2v) is 2.85. The number of nitrogens with two attached hydrogens (primary N) is 1. The molecule has 0 bridgehead atoms. The maximum absolute atomic E-state index is 12.1. The van der Waals surface area contributed by atoms with Crippen LogP contribution in [0.2, 0.25) is 0 Å². The van der Waals surface area contributed by atoms with E-state index in [1.54, 1.807) is 6.92 Å². The lowest BCUT2D eigenvalue weighted by Gasteiger charge is -2.26. The van der Waals surface area contributed by atoms with Gasteiger partial charge in [0.2, 0.25) is 0 Å². The zero-order valence-corrected chi connectivity index (χ0v) is 6.52. The van der Waals surface area contributed by atoms with E-state index in [4.69, 9.17) is 5.73 Å². The fourth-order valence-corrected chi connectivity index (χ4v) is 1.11. The monoisotopic (exact) mass is 181 g/mol. The average molecular weight is 181 g/mol. The first-order valence-corrected chi connectivity index (χ1v) is 3.56. The van der Waals surface area contributed by atoms with Crippen molar-refractivity contribution in [3.63, 3.8) is 0 Å². The van der Waals surface area contributed by atoms with Crippen molar-refractivity contribution in [3.8, 4) is 0 Å². The van der Waals surface area contributed by atoms with Gasteiger partial charge in [-0.15, -0.1) is 0 Å². The molecule has 1 heterocycles. The molecule has 3 nitrogen and oxygen atoms in total. The van der Waals surface area contributed by atoms with Crippen molar-refractivity contribution < 1.29 is 13.2 Å². The Balaban J connectivity index is 2.73. The summed E-state index contributed by atoms with van der Waals surface area (Å²) in [6.45, 7) is 1.64. The summed E-state index contributed by atoms with van der Waals surface area (Å²) in [5, 5.41) is 2.61. The first-order chi connectivity index (χ1) is 5.39. The Morgan fingerprint density at radius 3 is 2.58 bits per heavy atom. The van der Waals surface area contributed by atoms with Gasteiger partial charge in [0.1, 0.15) is 0 Å². The molecule has 0 saturated carbocycles. The summed E-state index contributed by atoms with van der Waals surface area (Å²) >= 11 is 0. The van der Waals surface area contributed by atoms with Gasteiger partial charge in [-0.25, -0.2) is 4.99 Å². The van der Waals surface area contributed by atoms with Crippen molar-refractivity contribution in [3.05, 3.63) is 0 Å². The van der Waals surface area contributed by atoms with Crippen LogP contribution in [0.25, 0.3) is 0 Å². The van der Waals surface area contributed by atoms with Crippen LogP contribution in [0.5, 0.6) is 0 Å². The molecule has 0 aliphatic carbocycles. The second kappa shape index (κ2) is 2.84. The number of hydrogen-bond acceptors (Lipinski definition) is 3. The Hall–Kier alpha value is -0.940. The molecular formula is C6H10F3N3. The third kappa shape index (κ3) is 2.02. The molecule has 1 aliphatic heterocycles. The molecule has 0 aromatic heterocycles. The topological polar surface area (TPSA) is 50.4 Å². The van der Waals surface area contributed by atoms with Gasteiger partial charge in [-0.05, 0) is 13.3 Å². The van der Waals surface area contributed by atoms with Crippen LogP contribution in [0.4, 0.5) is 13.2 Å². The van der Waals surface area contributed by atoms with E-state index < -0.39 is 12.2 Å². The van der Waals surface area contributed by atoms with Crippen molar-refractivity contribution in [1.29, 1.82) is 0 Å². The third-order valence-corrected chi connectivity index (χ3v) is 1.64. The molecule has 12 heavy (non-hydrogen) atoms. The van der Waals surface area contributed by atoms with Gasteiger partial charge in [0.15, 0.2) is 12.0 Å². The Kier molecular flexibility index (Phi) is 2.16. The van der Waals surface area contributed by atoms with Gasteiger partial charge in [-0.1, -0.05) is 0 Å². The smallest absolute Gasteiger partial charge is 0.370 e. The van der Waals surface area contributed by atoms with E-state index in [0.29, 0.717) is 0 Å². The van der Waals surface area contributed by atoms with Crippen molar-refractivity contribution in [2.45, 2.75) is 31.6 Å². The van der Waals surface area contributed by atoms with Gasteiger partial charge in [-0.2, -0.15) is 13.2 Å². The minimum atomic E-state index is -4.28. The largest absolute Gasteiger partial charge is 0.410 e. The fraction of sp³-hybridized carbons (Fsp3) is 0.833. The van der Waals surface area contributed by atoms with Crippen LogP contribution in [0.1, 0.15) is 13.3 Å². The third-order valence-electron chi connectivity index (χ3n) is 1.64. The molecular weight excluding hydrogens is 171 g/mol. The molecule has 3 N–H and O–H groups in total. The van der Waals surface area contributed by atoms with Gasteiger partial charge in [0.25, 0.3) is 0 Å². The highest BCUT2D eigenvalue weighted by molar-refractivity contribution is 5.79. The second-order valence-electron chi connectivity index (χ2n) is 2.85. The maximum atomic E-state index is 12.1. The minimum Gasteiger partial charge on any atom is -0.370 e. The summed E-state index contributed by atoms with van der Waals surface area (Å²) in [4.78, 5) is 3.26. The van der Waals surface area contributed by atoms with E-state index in [1.165, 1.54) is 0 Å². The van der Waals surface area contributed by atoms with Gasteiger partial charge in [-0.3, -0.25) is 0 Å². The maximum Gasteiger partial charge on any atom is 0.410 e. The summed E-state index contributed by atoms with van der Waals surface area (Å²) in [6, 6.07) is -1.91. The highest BCUT2D eigenvalue weighted by Gasteiger charge is 2.42. The Bertz CT molecular complexity index is 199. The summed E-state index contributed by atoms with van der Waals surface area (Å²) in [6.07, 6.45) is -4.33. The van der Waals surface area contributed by atoms with Gasteiger partial charge in [0, 0.05) is 6.04 Å². The Morgan fingerprint density at radius 2 is 2.17 bits per heavy atom. The van der Waals surface area contributed by atoms with Gasteiger partial charge < -0.3 is 11.1 Å². The first kappa shape index (κ1) is 9.15. The first-order valence-electron chi connectivity index (χ1n) is 3.56. The summed E-state index contributed by atoms with van der Waals surface area (Å²) in [5.41, 5.74) is 5.15. The standard InChI is InChI=1S/C6H10F3N3/c1-3-2-4(6(7,8)9)12-5(10)11-3/h3-4H,2H2,1H3,(H3,10,11,12). The molecule has 2 unspecified atom stereocenters. The number of aliphatic imine (C=N–C) groups is 1. The highest BCUT2D eigenvalue weighted by atomic mass is 19.4. The van der Waals surface area contributed by atoms with Crippen LogP contribution in [-0.2, 0) is 0 Å². The van der Waals surface area contributed by atoms with Crippen molar-refractivity contribution in [2.24, 2.45) is 10.7 Å². The number of rotatable bonds is 0. The molecule has 0 saturated heterocycles. The van der Waals surface area contributed by atoms with Crippen LogP contribution in [-0.4, -0.2) is 24.2 Å². The van der Waals surface area contributed by atoms with E-state index in [2.05, 4.69) is 10.3 Å². The lowest BCUT2D eigenvalue weighted by atomic mass is 10.1. The van der Waals surface area contributed by atoms with E-state index in [9.17, 15) is 13.2 Å². The molecule has 70 valence electrons. The van der Waals surface area contributed by atoms with Crippen molar-refractivity contribution in [2.75, 3.05) is 0 Å². The van der Waals surface area contributed by atoms with Crippen molar-refractivity contribution in [1.82, 2.24) is 5.32 Å². The molecule has 1 rings (SSSR count). The van der Waals surface area contributed by atoms with E-state index in [0.717, 1.165) is 0 Å². The number of halogens is 3. The van der Waals surface area contributed by atoms with Gasteiger partial charge >= 0.3 is 6.18 Å². The molecule has 0 aromatic carbocycles. The van der Waals surface area contributed by atoms with E-state index in [1.807, 2.05) is 0 Å². The van der Waals surface area contributed by atoms with Crippen LogP contribution >= 0.6 is 0 Å². The lowest BCUT2D eigenvalue weighted by molar-refractivity contribution is -0.150. The Labute approximate surface area is 67.8 Å². The molecule has 0 aromatic rings. The summed E-state index contributed by atoms with van der Waals surface area (Å²) in [7, 11) is 0. The number of alkyl halides is 3. The highest BCUT2D eigenvalue weighted by Crippen LogP contribution is 2.27. The zero-order chi connectivity index (χ0) is 9.35.